The SMILES string of the molecule is Cc1cnc(C(=O)C2CCOC3(CCOC3)C2)c(C)c1. The molecule has 3 heterocycles. The molecule has 2 aliphatic heterocycles. The number of carbonyl (C=O) groups is 1. The molecule has 2 unspecified atom stereocenters. The number of ether oxygens (including phenoxy) is 2. The topological polar surface area (TPSA) is 48.4 Å². The molecule has 0 N–H and O–H groups in total. The Hall–Kier alpha value is -1.26. The van der Waals surface area contributed by atoms with Crippen molar-refractivity contribution in [1.82, 2.24) is 4.98 Å². The van der Waals surface area contributed by atoms with Gasteiger partial charge in [0.15, 0.2) is 5.78 Å². The van der Waals surface area contributed by atoms with E-state index >= 15 is 0 Å². The van der Waals surface area contributed by atoms with Gasteiger partial charge in [-0.15, -0.1) is 0 Å². The molecule has 4 nitrogen and oxygen atoms in total. The van der Waals surface area contributed by atoms with Crippen LogP contribution in [0.5, 0.6) is 0 Å². The van der Waals surface area contributed by atoms with Crippen molar-refractivity contribution in [2.75, 3.05) is 19.8 Å². The molecule has 0 bridgehead atoms. The number of rotatable bonds is 2. The van der Waals surface area contributed by atoms with Gasteiger partial charge in [-0.2, -0.15) is 0 Å². The molecule has 2 fully saturated rings. The van der Waals surface area contributed by atoms with Gasteiger partial charge in [0.25, 0.3) is 0 Å². The molecule has 1 aromatic heterocycles. The van der Waals surface area contributed by atoms with E-state index in [1.807, 2.05) is 19.9 Å². The lowest BCUT2D eigenvalue weighted by molar-refractivity contribution is -0.0921. The molecule has 0 aromatic carbocycles. The summed E-state index contributed by atoms with van der Waals surface area (Å²) in [6.07, 6.45) is 4.22. The number of aromatic nitrogens is 1. The summed E-state index contributed by atoms with van der Waals surface area (Å²) in [5, 5.41) is 0. The summed E-state index contributed by atoms with van der Waals surface area (Å²) in [6, 6.07) is 2.02. The summed E-state index contributed by atoms with van der Waals surface area (Å²) in [7, 11) is 0. The molecule has 2 atom stereocenters. The van der Waals surface area contributed by atoms with Gasteiger partial charge in [-0.05, 0) is 37.8 Å². The zero-order valence-electron chi connectivity index (χ0n) is 12.1. The highest BCUT2D eigenvalue weighted by molar-refractivity contribution is 5.97. The van der Waals surface area contributed by atoms with Crippen molar-refractivity contribution >= 4 is 5.78 Å². The zero-order chi connectivity index (χ0) is 14.2. The van der Waals surface area contributed by atoms with E-state index in [-0.39, 0.29) is 17.3 Å². The Morgan fingerprint density at radius 3 is 2.95 bits per heavy atom. The molecule has 4 heteroatoms. The molecule has 2 aliphatic rings. The van der Waals surface area contributed by atoms with Crippen LogP contribution < -0.4 is 0 Å². The average molecular weight is 275 g/mol. The van der Waals surface area contributed by atoms with Crippen LogP contribution in [0.25, 0.3) is 0 Å². The highest BCUT2D eigenvalue weighted by Crippen LogP contribution is 2.37. The number of ketones is 1. The fraction of sp³-hybridized carbons (Fsp3) is 0.625. The van der Waals surface area contributed by atoms with E-state index in [2.05, 4.69) is 4.98 Å². The third-order valence-corrected chi connectivity index (χ3v) is 4.38. The maximum atomic E-state index is 12.7. The van der Waals surface area contributed by atoms with Gasteiger partial charge in [0.2, 0.25) is 0 Å². The Bertz CT molecular complexity index is 520. The van der Waals surface area contributed by atoms with Crippen LogP contribution in [0.15, 0.2) is 12.3 Å². The second kappa shape index (κ2) is 5.26. The van der Waals surface area contributed by atoms with E-state index in [1.54, 1.807) is 6.20 Å². The molecule has 0 saturated carbocycles. The Labute approximate surface area is 119 Å². The van der Waals surface area contributed by atoms with E-state index in [9.17, 15) is 4.79 Å². The van der Waals surface area contributed by atoms with Crippen molar-refractivity contribution in [2.45, 2.75) is 38.7 Å². The Kier molecular flexibility index (Phi) is 3.61. The highest BCUT2D eigenvalue weighted by Gasteiger charge is 2.43. The van der Waals surface area contributed by atoms with Crippen LogP contribution in [0.2, 0.25) is 0 Å². The Morgan fingerprint density at radius 1 is 1.40 bits per heavy atom. The minimum absolute atomic E-state index is 0.0133. The maximum Gasteiger partial charge on any atom is 0.184 e. The lowest BCUT2D eigenvalue weighted by atomic mass is 9.81. The van der Waals surface area contributed by atoms with Crippen LogP contribution in [0.4, 0.5) is 0 Å². The standard InChI is InChI=1S/C16H21NO3/c1-11-7-12(2)14(17-9-11)15(18)13-3-5-20-16(8-13)4-6-19-10-16/h7,9,13H,3-6,8,10H2,1-2H3. The number of aryl methyl sites for hydroxylation is 2. The molecule has 20 heavy (non-hydrogen) atoms. The number of nitrogens with zero attached hydrogens (tertiary/aromatic N) is 1. The zero-order valence-corrected chi connectivity index (χ0v) is 12.1. The van der Waals surface area contributed by atoms with Crippen LogP contribution in [-0.2, 0) is 9.47 Å². The molecule has 1 aromatic rings. The van der Waals surface area contributed by atoms with Crippen molar-refractivity contribution in [3.63, 3.8) is 0 Å². The smallest absolute Gasteiger partial charge is 0.184 e. The molecule has 2 saturated heterocycles. The van der Waals surface area contributed by atoms with Gasteiger partial charge in [0.05, 0.1) is 12.2 Å². The van der Waals surface area contributed by atoms with E-state index in [0.29, 0.717) is 18.9 Å². The van der Waals surface area contributed by atoms with Crippen molar-refractivity contribution < 1.29 is 14.3 Å². The predicted octanol–water partition coefficient (Wildman–Crippen LogP) is 2.47. The van der Waals surface area contributed by atoms with Crippen molar-refractivity contribution in [1.29, 1.82) is 0 Å². The summed E-state index contributed by atoms with van der Waals surface area (Å²) in [6.45, 7) is 5.96. The summed E-state index contributed by atoms with van der Waals surface area (Å²) in [4.78, 5) is 17.1. The Balaban J connectivity index is 1.79. The summed E-state index contributed by atoms with van der Waals surface area (Å²) < 4.78 is 11.4. The highest BCUT2D eigenvalue weighted by atomic mass is 16.6. The second-order valence-corrected chi connectivity index (χ2v) is 6.07. The largest absolute Gasteiger partial charge is 0.378 e. The normalized spacial score (nSPS) is 29.8. The first-order valence-corrected chi connectivity index (χ1v) is 7.29. The molecule has 1 spiro atoms. The first-order valence-electron chi connectivity index (χ1n) is 7.29. The molecule has 0 radical (unpaired) electrons. The molecule has 108 valence electrons. The lowest BCUT2D eigenvalue weighted by Crippen LogP contribution is -2.42. The molecule has 0 amide bonds. The summed E-state index contributed by atoms with van der Waals surface area (Å²) >= 11 is 0. The van der Waals surface area contributed by atoms with E-state index in [1.165, 1.54) is 0 Å². The number of Topliss-reactive ketones (excluding diaryl/α,β-unsaturated/α-hetero) is 1. The maximum absolute atomic E-state index is 12.7. The third-order valence-electron chi connectivity index (χ3n) is 4.38. The van der Waals surface area contributed by atoms with Gasteiger partial charge in [0.1, 0.15) is 5.69 Å². The first kappa shape index (κ1) is 13.7. The summed E-state index contributed by atoms with van der Waals surface area (Å²) in [5.74, 6) is 0.177. The number of hydrogen-bond donors (Lipinski definition) is 0. The van der Waals surface area contributed by atoms with Gasteiger partial charge in [-0.3, -0.25) is 9.78 Å². The van der Waals surface area contributed by atoms with E-state index in [0.717, 1.165) is 37.0 Å². The van der Waals surface area contributed by atoms with Gasteiger partial charge in [-0.1, -0.05) is 6.07 Å². The van der Waals surface area contributed by atoms with Gasteiger partial charge in [0, 0.05) is 31.7 Å². The van der Waals surface area contributed by atoms with Crippen LogP contribution in [0.1, 0.15) is 40.9 Å². The minimum Gasteiger partial charge on any atom is -0.378 e. The van der Waals surface area contributed by atoms with E-state index in [4.69, 9.17) is 9.47 Å². The number of pyridine rings is 1. The number of hydrogen-bond acceptors (Lipinski definition) is 4. The van der Waals surface area contributed by atoms with Gasteiger partial charge < -0.3 is 9.47 Å². The number of carbonyl (C=O) groups excluding carboxylic acids is 1. The second-order valence-electron chi connectivity index (χ2n) is 6.07. The van der Waals surface area contributed by atoms with E-state index < -0.39 is 0 Å². The molecule has 0 aliphatic carbocycles. The lowest BCUT2D eigenvalue weighted by Gasteiger charge is -2.36. The van der Waals surface area contributed by atoms with Crippen molar-refractivity contribution in [3.05, 3.63) is 29.1 Å². The summed E-state index contributed by atoms with van der Waals surface area (Å²) in [5.41, 5.74) is 2.46. The molecular formula is C16H21NO3. The monoisotopic (exact) mass is 275 g/mol. The predicted molar refractivity (Wildman–Crippen MR) is 74.9 cm³/mol. The van der Waals surface area contributed by atoms with Crippen LogP contribution in [0.3, 0.4) is 0 Å². The Morgan fingerprint density at radius 2 is 2.25 bits per heavy atom. The quantitative estimate of drug-likeness (QED) is 0.778. The van der Waals surface area contributed by atoms with Crippen molar-refractivity contribution in [3.8, 4) is 0 Å². The van der Waals surface area contributed by atoms with Crippen LogP contribution >= 0.6 is 0 Å². The third kappa shape index (κ3) is 2.50. The van der Waals surface area contributed by atoms with Gasteiger partial charge >= 0.3 is 0 Å². The van der Waals surface area contributed by atoms with Crippen LogP contribution in [-0.4, -0.2) is 36.2 Å². The van der Waals surface area contributed by atoms with Gasteiger partial charge in [-0.25, -0.2) is 0 Å². The minimum atomic E-state index is -0.225. The van der Waals surface area contributed by atoms with Crippen LogP contribution in [0, 0.1) is 19.8 Å². The fourth-order valence-corrected chi connectivity index (χ4v) is 3.28. The first-order chi connectivity index (χ1) is 9.60. The average Bonchev–Trinajstić information content (AvgIpc) is 2.86. The molecular weight excluding hydrogens is 254 g/mol. The fourth-order valence-electron chi connectivity index (χ4n) is 3.28. The molecule has 3 rings (SSSR count). The van der Waals surface area contributed by atoms with Crippen molar-refractivity contribution in [2.24, 2.45) is 5.92 Å².